The van der Waals surface area contributed by atoms with Gasteiger partial charge in [-0.3, -0.25) is 14.6 Å². The number of pyridine rings is 1. The van der Waals surface area contributed by atoms with Crippen LogP contribution in [0.25, 0.3) is 0 Å². The molecule has 1 aliphatic heterocycles. The summed E-state index contributed by atoms with van der Waals surface area (Å²) in [5, 5.41) is 2.94. The summed E-state index contributed by atoms with van der Waals surface area (Å²) in [4.78, 5) is 39.1. The van der Waals surface area contributed by atoms with Crippen LogP contribution in [-0.2, 0) is 11.2 Å². The fraction of sp³-hybridized carbons (Fsp3) is 0.364. The molecule has 1 N–H and O–H groups in total. The first-order chi connectivity index (χ1) is 20.2. The van der Waals surface area contributed by atoms with Crippen LogP contribution in [0, 0.1) is 0 Å². The summed E-state index contributed by atoms with van der Waals surface area (Å²) in [6, 6.07) is 15.3. The minimum absolute atomic E-state index is 0.0488. The number of hydrogen-bond donors (Lipinski definition) is 1. The number of rotatable bonds is 12. The van der Waals surface area contributed by atoms with Gasteiger partial charge in [0.1, 0.15) is 5.75 Å². The number of benzene rings is 2. The highest BCUT2D eigenvalue weighted by Gasteiger charge is 2.18. The average Bonchev–Trinajstić information content (AvgIpc) is 3.00. The SMILES string of the molecule is C=CC(=O)Nc1cc(Cc2cc(C(=O)c3ccc(N4CCN(C)CC4)cc3)ccn2)c(OC)cc1N(C)CCN(C)C. The molecule has 0 unspecified atom stereocenters. The topological polar surface area (TPSA) is 81.2 Å². The van der Waals surface area contributed by atoms with Crippen LogP contribution in [0.5, 0.6) is 5.75 Å². The Hall–Kier alpha value is -4.21. The zero-order valence-corrected chi connectivity index (χ0v) is 25.4. The molecule has 3 aromatic rings. The molecule has 1 saturated heterocycles. The molecule has 2 aromatic carbocycles. The number of carbonyl (C=O) groups is 2. The normalized spacial score (nSPS) is 13.6. The van der Waals surface area contributed by atoms with Crippen molar-refractivity contribution in [1.29, 1.82) is 0 Å². The van der Waals surface area contributed by atoms with Crippen molar-refractivity contribution >= 4 is 28.8 Å². The van der Waals surface area contributed by atoms with Gasteiger partial charge < -0.3 is 29.7 Å². The summed E-state index contributed by atoms with van der Waals surface area (Å²) in [6.45, 7) is 9.22. The quantitative estimate of drug-likeness (QED) is 0.260. The van der Waals surface area contributed by atoms with E-state index in [1.807, 2.05) is 63.6 Å². The van der Waals surface area contributed by atoms with E-state index < -0.39 is 0 Å². The highest BCUT2D eigenvalue weighted by molar-refractivity contribution is 6.09. The number of aromatic nitrogens is 1. The Kier molecular flexibility index (Phi) is 10.3. The van der Waals surface area contributed by atoms with E-state index in [2.05, 4.69) is 43.5 Å². The van der Waals surface area contributed by atoms with E-state index >= 15 is 0 Å². The molecule has 4 rings (SSSR count). The standard InChI is InChI=1S/C33H42N6O3/c1-7-32(40)35-29-22-26(31(42-6)23-30(29)38(5)17-14-36(2)3)21-27-20-25(12-13-34-27)33(41)24-8-10-28(11-9-24)39-18-15-37(4)16-19-39/h7-13,20,22-23H,1,14-19,21H2,2-6H3,(H,35,40). The summed E-state index contributed by atoms with van der Waals surface area (Å²) >= 11 is 0. The number of nitrogens with zero attached hydrogens (tertiary/aromatic N) is 5. The van der Waals surface area contributed by atoms with Gasteiger partial charge in [-0.25, -0.2) is 0 Å². The smallest absolute Gasteiger partial charge is 0.247 e. The van der Waals surface area contributed by atoms with Gasteiger partial charge >= 0.3 is 0 Å². The average molecular weight is 571 g/mol. The summed E-state index contributed by atoms with van der Waals surface area (Å²) in [5.41, 5.74) is 5.42. The monoisotopic (exact) mass is 570 g/mol. The van der Waals surface area contributed by atoms with E-state index in [1.165, 1.54) is 6.08 Å². The number of ether oxygens (including phenoxy) is 1. The lowest BCUT2D eigenvalue weighted by Gasteiger charge is -2.34. The number of amides is 1. The summed E-state index contributed by atoms with van der Waals surface area (Å²) in [6.07, 6.45) is 3.34. The Bertz CT molecular complexity index is 1400. The maximum atomic E-state index is 13.4. The number of methoxy groups -OCH3 is 1. The number of ketones is 1. The number of anilines is 3. The first-order valence-electron chi connectivity index (χ1n) is 14.2. The van der Waals surface area contributed by atoms with Gasteiger partial charge in [-0.2, -0.15) is 0 Å². The van der Waals surface area contributed by atoms with E-state index in [0.717, 1.165) is 61.9 Å². The second-order valence-electron chi connectivity index (χ2n) is 11.0. The van der Waals surface area contributed by atoms with Gasteiger partial charge in [0.25, 0.3) is 0 Å². The highest BCUT2D eigenvalue weighted by Crippen LogP contribution is 2.35. The second-order valence-corrected chi connectivity index (χ2v) is 11.0. The predicted octanol–water partition coefficient (Wildman–Crippen LogP) is 3.79. The van der Waals surface area contributed by atoms with Gasteiger partial charge in [0, 0.05) is 93.1 Å². The number of likely N-dealkylation sites (N-methyl/N-ethyl adjacent to an activating group) is 3. The van der Waals surface area contributed by atoms with E-state index in [1.54, 1.807) is 19.4 Å². The largest absolute Gasteiger partial charge is 0.496 e. The molecular weight excluding hydrogens is 528 g/mol. The van der Waals surface area contributed by atoms with Crippen molar-refractivity contribution in [2.24, 2.45) is 0 Å². The molecular formula is C33H42N6O3. The third kappa shape index (κ3) is 7.74. The van der Waals surface area contributed by atoms with E-state index in [0.29, 0.717) is 29.0 Å². The van der Waals surface area contributed by atoms with Crippen LogP contribution in [0.2, 0.25) is 0 Å². The van der Waals surface area contributed by atoms with Crippen molar-refractivity contribution in [3.63, 3.8) is 0 Å². The van der Waals surface area contributed by atoms with Gasteiger partial charge in [0.2, 0.25) is 5.91 Å². The van der Waals surface area contributed by atoms with Crippen LogP contribution < -0.4 is 19.9 Å². The van der Waals surface area contributed by atoms with Crippen LogP contribution in [0.4, 0.5) is 17.1 Å². The summed E-state index contributed by atoms with van der Waals surface area (Å²) in [5.74, 6) is 0.335. The molecule has 1 aromatic heterocycles. The van der Waals surface area contributed by atoms with Crippen molar-refractivity contribution in [3.8, 4) is 5.75 Å². The maximum Gasteiger partial charge on any atom is 0.247 e. The summed E-state index contributed by atoms with van der Waals surface area (Å²) in [7, 11) is 9.79. The lowest BCUT2D eigenvalue weighted by atomic mass is 10.0. The van der Waals surface area contributed by atoms with E-state index in [-0.39, 0.29) is 11.7 Å². The van der Waals surface area contributed by atoms with Crippen molar-refractivity contribution in [3.05, 3.63) is 89.8 Å². The number of piperazine rings is 1. The third-order valence-electron chi connectivity index (χ3n) is 7.58. The zero-order valence-electron chi connectivity index (χ0n) is 25.4. The van der Waals surface area contributed by atoms with Gasteiger partial charge in [0.15, 0.2) is 5.78 Å². The molecule has 0 saturated carbocycles. The first kappa shape index (κ1) is 30.7. The van der Waals surface area contributed by atoms with Crippen LogP contribution >= 0.6 is 0 Å². The minimum Gasteiger partial charge on any atom is -0.496 e. The third-order valence-corrected chi connectivity index (χ3v) is 7.58. The Balaban J connectivity index is 1.56. The Morgan fingerprint density at radius 1 is 1.00 bits per heavy atom. The van der Waals surface area contributed by atoms with E-state index in [4.69, 9.17) is 4.74 Å². The molecule has 1 fully saturated rings. The lowest BCUT2D eigenvalue weighted by molar-refractivity contribution is -0.111. The van der Waals surface area contributed by atoms with Crippen LogP contribution in [0.15, 0.2) is 67.4 Å². The minimum atomic E-state index is -0.294. The Morgan fingerprint density at radius 3 is 2.36 bits per heavy atom. The molecule has 0 bridgehead atoms. The molecule has 2 heterocycles. The number of carbonyl (C=O) groups excluding carboxylic acids is 2. The maximum absolute atomic E-state index is 13.4. The number of hydrogen-bond acceptors (Lipinski definition) is 8. The van der Waals surface area contributed by atoms with Crippen molar-refractivity contribution < 1.29 is 14.3 Å². The van der Waals surface area contributed by atoms with Crippen molar-refractivity contribution in [2.75, 3.05) is 89.7 Å². The summed E-state index contributed by atoms with van der Waals surface area (Å²) < 4.78 is 5.76. The molecule has 1 amide bonds. The first-order valence-corrected chi connectivity index (χ1v) is 14.2. The van der Waals surface area contributed by atoms with Gasteiger partial charge in [0.05, 0.1) is 18.5 Å². The van der Waals surface area contributed by atoms with Crippen molar-refractivity contribution in [1.82, 2.24) is 14.8 Å². The second kappa shape index (κ2) is 14.1. The van der Waals surface area contributed by atoms with Crippen LogP contribution in [0.3, 0.4) is 0 Å². The van der Waals surface area contributed by atoms with Crippen LogP contribution in [-0.4, -0.2) is 101 Å². The number of nitrogens with one attached hydrogen (secondary N) is 1. The van der Waals surface area contributed by atoms with Gasteiger partial charge in [-0.05, 0) is 69.7 Å². The zero-order chi connectivity index (χ0) is 30.2. The molecule has 0 atom stereocenters. The van der Waals surface area contributed by atoms with Crippen LogP contribution in [0.1, 0.15) is 27.2 Å². The van der Waals surface area contributed by atoms with Gasteiger partial charge in [-0.1, -0.05) is 6.58 Å². The molecule has 0 radical (unpaired) electrons. The molecule has 222 valence electrons. The van der Waals surface area contributed by atoms with E-state index in [9.17, 15) is 9.59 Å². The Labute approximate surface area is 249 Å². The van der Waals surface area contributed by atoms with Gasteiger partial charge in [-0.15, -0.1) is 0 Å². The molecule has 1 aliphatic rings. The van der Waals surface area contributed by atoms with Crippen molar-refractivity contribution in [2.45, 2.75) is 6.42 Å². The molecule has 0 aliphatic carbocycles. The molecule has 0 spiro atoms. The molecule has 9 heteroatoms. The lowest BCUT2D eigenvalue weighted by Crippen LogP contribution is -2.44. The Morgan fingerprint density at radius 2 is 1.71 bits per heavy atom. The molecule has 42 heavy (non-hydrogen) atoms. The fourth-order valence-corrected chi connectivity index (χ4v) is 4.98. The fourth-order valence-electron chi connectivity index (χ4n) is 4.98. The molecule has 9 nitrogen and oxygen atoms in total. The predicted molar refractivity (Wildman–Crippen MR) is 170 cm³/mol. The highest BCUT2D eigenvalue weighted by atomic mass is 16.5.